The van der Waals surface area contributed by atoms with Crippen LogP contribution in [0.5, 0.6) is 0 Å². The van der Waals surface area contributed by atoms with Gasteiger partial charge in [-0.1, -0.05) is 13.8 Å². The van der Waals surface area contributed by atoms with Gasteiger partial charge in [0.05, 0.1) is 0 Å². The molecule has 0 N–H and O–H groups in total. The van der Waals surface area contributed by atoms with Crippen LogP contribution in [0.3, 0.4) is 0 Å². The van der Waals surface area contributed by atoms with Gasteiger partial charge < -0.3 is 4.90 Å². The van der Waals surface area contributed by atoms with E-state index in [1.807, 2.05) is 28.9 Å². The molecule has 0 saturated carbocycles. The molecule has 126 valence electrons. The molecule has 0 aromatic carbocycles. The Kier molecular flexibility index (Phi) is 4.02. The summed E-state index contributed by atoms with van der Waals surface area (Å²) in [6, 6.07) is 5.77. The number of fused-ring (bicyclic) bond motifs is 1. The molecule has 0 bridgehead atoms. The zero-order valence-corrected chi connectivity index (χ0v) is 14.2. The zero-order valence-electron chi connectivity index (χ0n) is 14.2. The third-order valence-electron chi connectivity index (χ3n) is 4.59. The number of aromatic nitrogens is 6. The van der Waals surface area contributed by atoms with E-state index in [-0.39, 0.29) is 0 Å². The highest BCUT2D eigenvalue weighted by Crippen LogP contribution is 2.27. The molecular formula is C17H23N7. The van der Waals surface area contributed by atoms with E-state index in [2.05, 4.69) is 34.0 Å². The number of nitrogens with zero attached hydrogens (tertiary/aromatic N) is 7. The van der Waals surface area contributed by atoms with E-state index in [1.165, 1.54) is 6.54 Å². The van der Waals surface area contributed by atoms with Gasteiger partial charge in [-0.3, -0.25) is 0 Å². The number of rotatable bonds is 4. The normalized spacial score (nSPS) is 17.1. The number of piperidine rings is 1. The van der Waals surface area contributed by atoms with E-state index < -0.39 is 0 Å². The van der Waals surface area contributed by atoms with Gasteiger partial charge in [0.2, 0.25) is 0 Å². The first-order chi connectivity index (χ1) is 11.7. The van der Waals surface area contributed by atoms with Gasteiger partial charge in [0.15, 0.2) is 17.3 Å². The topological polar surface area (TPSA) is 64.1 Å². The summed E-state index contributed by atoms with van der Waals surface area (Å²) in [6.45, 7) is 7.97. The van der Waals surface area contributed by atoms with Crippen molar-refractivity contribution in [1.82, 2.24) is 34.5 Å². The predicted molar refractivity (Wildman–Crippen MR) is 91.2 cm³/mol. The molecule has 1 fully saturated rings. The minimum absolute atomic E-state index is 0.420. The van der Waals surface area contributed by atoms with Gasteiger partial charge in [0, 0.05) is 24.9 Å². The Bertz CT molecular complexity index is 798. The molecule has 7 nitrogen and oxygen atoms in total. The number of hydrogen-bond acceptors (Lipinski definition) is 5. The molecule has 0 radical (unpaired) electrons. The molecule has 3 aromatic rings. The molecule has 4 heterocycles. The number of hydrogen-bond donors (Lipinski definition) is 0. The molecule has 0 aliphatic carbocycles. The van der Waals surface area contributed by atoms with Crippen molar-refractivity contribution in [2.45, 2.75) is 32.6 Å². The Morgan fingerprint density at radius 1 is 1.17 bits per heavy atom. The summed E-state index contributed by atoms with van der Waals surface area (Å²) in [7, 11) is 0. The van der Waals surface area contributed by atoms with Crippen LogP contribution in [-0.4, -0.2) is 54.1 Å². The first kappa shape index (κ1) is 15.3. The fraction of sp³-hybridized carbons (Fsp3) is 0.529. The van der Waals surface area contributed by atoms with E-state index in [9.17, 15) is 0 Å². The minimum Gasteiger partial charge on any atom is -0.303 e. The van der Waals surface area contributed by atoms with Crippen LogP contribution in [-0.2, 0) is 0 Å². The van der Waals surface area contributed by atoms with Crippen LogP contribution in [0.1, 0.15) is 38.4 Å². The van der Waals surface area contributed by atoms with E-state index in [0.717, 1.165) is 43.2 Å². The highest BCUT2D eigenvalue weighted by atomic mass is 15.4. The summed E-state index contributed by atoms with van der Waals surface area (Å²) in [4.78, 5) is 2.55. The van der Waals surface area contributed by atoms with Crippen LogP contribution in [0, 0.1) is 5.92 Å². The van der Waals surface area contributed by atoms with Crippen LogP contribution in [0.4, 0.5) is 0 Å². The number of likely N-dealkylation sites (tertiary alicyclic amines) is 1. The van der Waals surface area contributed by atoms with Crippen LogP contribution in [0.15, 0.2) is 30.6 Å². The molecule has 3 aromatic heterocycles. The maximum Gasteiger partial charge on any atom is 0.178 e. The largest absolute Gasteiger partial charge is 0.303 e. The Hall–Kier alpha value is -2.28. The Morgan fingerprint density at radius 2 is 2.00 bits per heavy atom. The lowest BCUT2D eigenvalue weighted by atomic mass is 9.95. The van der Waals surface area contributed by atoms with Crippen molar-refractivity contribution < 1.29 is 0 Å². The summed E-state index contributed by atoms with van der Waals surface area (Å²) < 4.78 is 3.65. The van der Waals surface area contributed by atoms with Gasteiger partial charge in [-0.15, -0.1) is 15.3 Å². The van der Waals surface area contributed by atoms with Crippen molar-refractivity contribution >= 4 is 5.65 Å². The lowest BCUT2D eigenvalue weighted by Gasteiger charge is -2.32. The fourth-order valence-corrected chi connectivity index (χ4v) is 3.47. The Labute approximate surface area is 141 Å². The maximum absolute atomic E-state index is 4.70. The summed E-state index contributed by atoms with van der Waals surface area (Å²) in [5, 5.41) is 17.7. The highest BCUT2D eigenvalue weighted by Gasteiger charge is 2.25. The SMILES string of the molecule is CC(C)CN1CCC(c2nnc3ccc(-n4cccn4)nn23)CC1. The van der Waals surface area contributed by atoms with Crippen molar-refractivity contribution in [2.75, 3.05) is 19.6 Å². The maximum atomic E-state index is 4.70. The van der Waals surface area contributed by atoms with Crippen molar-refractivity contribution in [1.29, 1.82) is 0 Å². The molecular weight excluding hydrogens is 302 g/mol. The fourth-order valence-electron chi connectivity index (χ4n) is 3.47. The van der Waals surface area contributed by atoms with Crippen LogP contribution in [0.25, 0.3) is 11.5 Å². The molecule has 0 amide bonds. The average molecular weight is 325 g/mol. The van der Waals surface area contributed by atoms with Gasteiger partial charge >= 0.3 is 0 Å². The third-order valence-corrected chi connectivity index (χ3v) is 4.59. The lowest BCUT2D eigenvalue weighted by Crippen LogP contribution is -2.36. The van der Waals surface area contributed by atoms with E-state index >= 15 is 0 Å². The summed E-state index contributed by atoms with van der Waals surface area (Å²) in [6.07, 6.45) is 5.87. The minimum atomic E-state index is 0.420. The molecule has 7 heteroatoms. The molecule has 0 unspecified atom stereocenters. The monoisotopic (exact) mass is 325 g/mol. The second-order valence-corrected chi connectivity index (χ2v) is 6.94. The zero-order chi connectivity index (χ0) is 16.5. The van der Waals surface area contributed by atoms with Gasteiger partial charge in [-0.05, 0) is 50.0 Å². The third kappa shape index (κ3) is 2.91. The molecule has 4 rings (SSSR count). The molecule has 1 saturated heterocycles. The van der Waals surface area contributed by atoms with E-state index in [0.29, 0.717) is 11.8 Å². The molecule has 24 heavy (non-hydrogen) atoms. The van der Waals surface area contributed by atoms with Gasteiger partial charge in [0.1, 0.15) is 0 Å². The van der Waals surface area contributed by atoms with Crippen molar-refractivity contribution in [3.8, 4) is 5.82 Å². The average Bonchev–Trinajstić information content (AvgIpc) is 3.24. The summed E-state index contributed by atoms with van der Waals surface area (Å²) >= 11 is 0. The smallest absolute Gasteiger partial charge is 0.178 e. The van der Waals surface area contributed by atoms with Crippen LogP contribution >= 0.6 is 0 Å². The molecule has 1 aliphatic heterocycles. The van der Waals surface area contributed by atoms with Crippen molar-refractivity contribution in [3.63, 3.8) is 0 Å². The predicted octanol–water partition coefficient (Wildman–Crippen LogP) is 2.15. The molecule has 0 spiro atoms. The van der Waals surface area contributed by atoms with Crippen LogP contribution in [0.2, 0.25) is 0 Å². The van der Waals surface area contributed by atoms with Crippen molar-refractivity contribution in [3.05, 3.63) is 36.4 Å². The first-order valence-electron chi connectivity index (χ1n) is 8.65. The van der Waals surface area contributed by atoms with Crippen molar-refractivity contribution in [2.24, 2.45) is 5.92 Å². The summed E-state index contributed by atoms with van der Waals surface area (Å²) in [5.41, 5.74) is 0.797. The Balaban J connectivity index is 1.57. The van der Waals surface area contributed by atoms with E-state index in [1.54, 1.807) is 10.9 Å². The second-order valence-electron chi connectivity index (χ2n) is 6.94. The Morgan fingerprint density at radius 3 is 2.71 bits per heavy atom. The van der Waals surface area contributed by atoms with Crippen LogP contribution < -0.4 is 0 Å². The van der Waals surface area contributed by atoms with Gasteiger partial charge in [0.25, 0.3) is 0 Å². The first-order valence-corrected chi connectivity index (χ1v) is 8.65. The van der Waals surface area contributed by atoms with Gasteiger partial charge in [-0.25, -0.2) is 4.68 Å². The standard InChI is InChI=1S/C17H23N7/c1-13(2)12-22-10-6-14(7-11-22)17-20-19-15-4-5-16(21-24(15)17)23-9-3-8-18-23/h3-5,8-9,13-14H,6-7,10-12H2,1-2H3. The summed E-state index contributed by atoms with van der Waals surface area (Å²) in [5.74, 6) is 2.89. The van der Waals surface area contributed by atoms with E-state index in [4.69, 9.17) is 5.10 Å². The molecule has 0 atom stereocenters. The molecule has 1 aliphatic rings. The van der Waals surface area contributed by atoms with Gasteiger partial charge in [-0.2, -0.15) is 9.61 Å². The second kappa shape index (κ2) is 6.32. The lowest BCUT2D eigenvalue weighted by molar-refractivity contribution is 0.189. The quantitative estimate of drug-likeness (QED) is 0.735. The highest BCUT2D eigenvalue weighted by molar-refractivity contribution is 5.39.